The molecular weight excluding hydrogens is 292 g/mol. The van der Waals surface area contributed by atoms with Gasteiger partial charge in [0.05, 0.1) is 5.75 Å². The summed E-state index contributed by atoms with van der Waals surface area (Å²) in [5.41, 5.74) is 2.27. The summed E-state index contributed by atoms with van der Waals surface area (Å²) in [7, 11) is -3.58. The number of carbonyl (C=O) groups is 1. The van der Waals surface area contributed by atoms with Gasteiger partial charge in [-0.2, -0.15) is 0 Å². The molecule has 7 heteroatoms. The summed E-state index contributed by atoms with van der Waals surface area (Å²) in [5.74, 6) is -1.10. The summed E-state index contributed by atoms with van der Waals surface area (Å²) in [6.45, 7) is 0.157. The Bertz CT molecular complexity index is 738. The van der Waals surface area contributed by atoms with E-state index in [1.165, 1.54) is 5.48 Å². The standard InChI is InChI=1S/C14H16N2O4S/c17-14(16-18)8-9-21(19,20)15-10-12-6-3-5-11-4-1-2-7-13(11)12/h1-7,15,18H,8-10H2,(H,16,17). The minimum atomic E-state index is -3.58. The van der Waals surface area contributed by atoms with Crippen LogP contribution in [-0.4, -0.2) is 25.3 Å². The highest BCUT2D eigenvalue weighted by molar-refractivity contribution is 7.89. The zero-order valence-corrected chi connectivity index (χ0v) is 12.1. The second-order valence-corrected chi connectivity index (χ2v) is 6.49. The van der Waals surface area contributed by atoms with Crippen LogP contribution in [0.1, 0.15) is 12.0 Å². The first-order chi connectivity index (χ1) is 10.0. The van der Waals surface area contributed by atoms with Gasteiger partial charge in [-0.3, -0.25) is 10.0 Å². The van der Waals surface area contributed by atoms with Gasteiger partial charge in [0.25, 0.3) is 0 Å². The summed E-state index contributed by atoms with van der Waals surface area (Å²) < 4.78 is 26.0. The molecule has 112 valence electrons. The van der Waals surface area contributed by atoms with Crippen LogP contribution < -0.4 is 10.2 Å². The molecule has 6 nitrogen and oxygen atoms in total. The van der Waals surface area contributed by atoms with Crippen molar-refractivity contribution in [2.45, 2.75) is 13.0 Å². The van der Waals surface area contributed by atoms with E-state index in [9.17, 15) is 13.2 Å². The quantitative estimate of drug-likeness (QED) is 0.551. The number of fused-ring (bicyclic) bond motifs is 1. The number of rotatable bonds is 6. The number of hydroxylamine groups is 1. The lowest BCUT2D eigenvalue weighted by atomic mass is 10.1. The SMILES string of the molecule is O=C(CCS(=O)(=O)NCc1cccc2ccccc12)NO. The van der Waals surface area contributed by atoms with E-state index in [0.717, 1.165) is 16.3 Å². The Balaban J connectivity index is 2.06. The summed E-state index contributed by atoms with van der Waals surface area (Å²) >= 11 is 0. The number of benzene rings is 2. The predicted octanol–water partition coefficient (Wildman–Crippen LogP) is 1.15. The molecule has 0 bridgehead atoms. The minimum absolute atomic E-state index is 0.157. The fourth-order valence-corrected chi connectivity index (χ4v) is 2.96. The molecule has 0 aliphatic rings. The molecule has 0 aliphatic carbocycles. The number of sulfonamides is 1. The molecule has 3 N–H and O–H groups in total. The lowest BCUT2D eigenvalue weighted by Gasteiger charge is -2.09. The van der Waals surface area contributed by atoms with Crippen molar-refractivity contribution < 1.29 is 18.4 Å². The molecule has 0 fully saturated rings. The maximum Gasteiger partial charge on any atom is 0.244 e. The Hall–Kier alpha value is -1.96. The van der Waals surface area contributed by atoms with Crippen molar-refractivity contribution in [3.8, 4) is 0 Å². The van der Waals surface area contributed by atoms with Crippen molar-refractivity contribution in [2.75, 3.05) is 5.75 Å². The van der Waals surface area contributed by atoms with Crippen molar-refractivity contribution in [3.05, 3.63) is 48.0 Å². The van der Waals surface area contributed by atoms with Crippen LogP contribution in [0.4, 0.5) is 0 Å². The van der Waals surface area contributed by atoms with Crippen LogP contribution in [-0.2, 0) is 21.4 Å². The molecule has 0 saturated carbocycles. The van der Waals surface area contributed by atoms with Gasteiger partial charge in [0.1, 0.15) is 0 Å². The Labute approximate surface area is 122 Å². The van der Waals surface area contributed by atoms with Gasteiger partial charge in [-0.15, -0.1) is 0 Å². The first-order valence-corrected chi connectivity index (χ1v) is 8.04. The second-order valence-electron chi connectivity index (χ2n) is 4.56. The molecule has 0 heterocycles. The third-order valence-electron chi connectivity index (χ3n) is 3.09. The van der Waals surface area contributed by atoms with E-state index in [1.807, 2.05) is 42.5 Å². The average molecular weight is 308 g/mol. The van der Waals surface area contributed by atoms with Crippen LogP contribution in [0.2, 0.25) is 0 Å². The van der Waals surface area contributed by atoms with Gasteiger partial charge < -0.3 is 0 Å². The summed E-state index contributed by atoms with van der Waals surface area (Å²) in [6.07, 6.45) is -0.290. The van der Waals surface area contributed by atoms with Gasteiger partial charge in [-0.05, 0) is 16.3 Å². The van der Waals surface area contributed by atoms with Gasteiger partial charge in [-0.25, -0.2) is 18.6 Å². The van der Waals surface area contributed by atoms with E-state index in [-0.39, 0.29) is 18.7 Å². The monoisotopic (exact) mass is 308 g/mol. The van der Waals surface area contributed by atoms with Crippen molar-refractivity contribution >= 4 is 26.7 Å². The Morgan fingerprint density at radius 3 is 2.57 bits per heavy atom. The van der Waals surface area contributed by atoms with E-state index in [0.29, 0.717) is 0 Å². The lowest BCUT2D eigenvalue weighted by Crippen LogP contribution is -2.29. The van der Waals surface area contributed by atoms with E-state index >= 15 is 0 Å². The Morgan fingerprint density at radius 1 is 1.10 bits per heavy atom. The molecule has 0 atom stereocenters. The zero-order chi connectivity index (χ0) is 15.3. The van der Waals surface area contributed by atoms with Crippen LogP contribution in [0.25, 0.3) is 10.8 Å². The fourth-order valence-electron chi connectivity index (χ4n) is 1.99. The number of amides is 1. The molecule has 0 unspecified atom stereocenters. The van der Waals surface area contributed by atoms with Crippen LogP contribution in [0.5, 0.6) is 0 Å². The first-order valence-electron chi connectivity index (χ1n) is 6.39. The molecule has 2 rings (SSSR count). The maximum atomic E-state index is 11.8. The smallest absolute Gasteiger partial charge is 0.244 e. The van der Waals surface area contributed by atoms with Crippen molar-refractivity contribution in [1.29, 1.82) is 0 Å². The van der Waals surface area contributed by atoms with Gasteiger partial charge in [0.15, 0.2) is 0 Å². The van der Waals surface area contributed by atoms with E-state index < -0.39 is 15.9 Å². The highest BCUT2D eigenvalue weighted by Crippen LogP contribution is 2.18. The average Bonchev–Trinajstić information content (AvgIpc) is 2.50. The highest BCUT2D eigenvalue weighted by Gasteiger charge is 2.13. The van der Waals surface area contributed by atoms with Crippen LogP contribution in [0.15, 0.2) is 42.5 Å². The molecule has 0 spiro atoms. The van der Waals surface area contributed by atoms with Gasteiger partial charge in [0, 0.05) is 13.0 Å². The molecule has 2 aromatic carbocycles. The number of hydrogen-bond donors (Lipinski definition) is 3. The summed E-state index contributed by atoms with van der Waals surface area (Å²) in [4.78, 5) is 10.9. The van der Waals surface area contributed by atoms with E-state index in [2.05, 4.69) is 4.72 Å². The van der Waals surface area contributed by atoms with Crippen LogP contribution >= 0.6 is 0 Å². The third kappa shape index (κ3) is 4.25. The van der Waals surface area contributed by atoms with Crippen LogP contribution in [0.3, 0.4) is 0 Å². The predicted molar refractivity (Wildman–Crippen MR) is 79.1 cm³/mol. The molecule has 0 aliphatic heterocycles. The Kier molecular flexibility index (Phi) is 4.89. The van der Waals surface area contributed by atoms with Crippen molar-refractivity contribution in [3.63, 3.8) is 0 Å². The number of nitrogens with one attached hydrogen (secondary N) is 2. The summed E-state index contributed by atoms with van der Waals surface area (Å²) in [6, 6.07) is 13.4. The van der Waals surface area contributed by atoms with Gasteiger partial charge in [-0.1, -0.05) is 42.5 Å². The molecule has 0 aromatic heterocycles. The molecule has 0 radical (unpaired) electrons. The molecular formula is C14H16N2O4S. The molecule has 1 amide bonds. The summed E-state index contributed by atoms with van der Waals surface area (Å²) in [5, 5.41) is 10.4. The van der Waals surface area contributed by atoms with Crippen molar-refractivity contribution in [2.24, 2.45) is 0 Å². The fraction of sp³-hybridized carbons (Fsp3) is 0.214. The van der Waals surface area contributed by atoms with Gasteiger partial charge in [0.2, 0.25) is 15.9 Å². The first kappa shape index (κ1) is 15.4. The topological polar surface area (TPSA) is 95.5 Å². The zero-order valence-electron chi connectivity index (χ0n) is 11.2. The second kappa shape index (κ2) is 6.66. The maximum absolute atomic E-state index is 11.8. The largest absolute Gasteiger partial charge is 0.289 e. The van der Waals surface area contributed by atoms with E-state index in [4.69, 9.17) is 5.21 Å². The highest BCUT2D eigenvalue weighted by atomic mass is 32.2. The Morgan fingerprint density at radius 2 is 1.81 bits per heavy atom. The molecule has 0 saturated heterocycles. The molecule has 2 aromatic rings. The molecule has 21 heavy (non-hydrogen) atoms. The number of hydrogen-bond acceptors (Lipinski definition) is 4. The van der Waals surface area contributed by atoms with Crippen LogP contribution in [0, 0.1) is 0 Å². The van der Waals surface area contributed by atoms with Crippen molar-refractivity contribution in [1.82, 2.24) is 10.2 Å². The normalized spacial score (nSPS) is 11.5. The lowest BCUT2D eigenvalue weighted by molar-refractivity contribution is -0.128. The number of carbonyl (C=O) groups excluding carboxylic acids is 1. The van der Waals surface area contributed by atoms with Gasteiger partial charge >= 0.3 is 0 Å². The minimum Gasteiger partial charge on any atom is -0.289 e. The third-order valence-corrected chi connectivity index (χ3v) is 4.41. The van der Waals surface area contributed by atoms with E-state index in [1.54, 1.807) is 0 Å².